The quantitative estimate of drug-likeness (QED) is 0.613. The fourth-order valence-corrected chi connectivity index (χ4v) is 4.73. The summed E-state index contributed by atoms with van der Waals surface area (Å²) < 4.78 is 11.2. The number of ether oxygens (including phenoxy) is 2. The van der Waals surface area contributed by atoms with Gasteiger partial charge in [-0.1, -0.05) is 19.9 Å². The fraction of sp³-hybridized carbons (Fsp3) is 0.700. The summed E-state index contributed by atoms with van der Waals surface area (Å²) in [6, 6.07) is 0. The summed E-state index contributed by atoms with van der Waals surface area (Å²) in [6.45, 7) is 9.54. The zero-order valence-electron chi connectivity index (χ0n) is 15.7. The van der Waals surface area contributed by atoms with Gasteiger partial charge in [-0.15, -0.1) is 0 Å². The van der Waals surface area contributed by atoms with Gasteiger partial charge in [-0.05, 0) is 39.5 Å². The monoisotopic (exact) mass is 348 g/mol. The standard InChI is InChI=1S/C20H28O5/c1-6-10(2)18(22)24-14-8-7-11(3)20(5)13(14)9-15-16(17(20)21)12(4)19(23)25-15/h6,11-14,17,21H,7-9H2,1-5H3. The average Bonchev–Trinajstić information content (AvgIpc) is 2.86. The highest BCUT2D eigenvalue weighted by atomic mass is 16.6. The summed E-state index contributed by atoms with van der Waals surface area (Å²) in [5.74, 6) is -0.208. The van der Waals surface area contributed by atoms with Crippen molar-refractivity contribution in [2.45, 2.75) is 66.1 Å². The van der Waals surface area contributed by atoms with Crippen molar-refractivity contribution in [3.05, 3.63) is 23.0 Å². The Morgan fingerprint density at radius 1 is 1.36 bits per heavy atom. The first-order chi connectivity index (χ1) is 11.7. The maximum Gasteiger partial charge on any atom is 0.333 e. The van der Waals surface area contributed by atoms with Gasteiger partial charge >= 0.3 is 11.9 Å². The molecule has 1 fully saturated rings. The minimum atomic E-state index is -0.748. The highest BCUT2D eigenvalue weighted by Gasteiger charge is 2.59. The van der Waals surface area contributed by atoms with Crippen molar-refractivity contribution in [1.29, 1.82) is 0 Å². The number of aliphatic hydroxyl groups excluding tert-OH is 1. The maximum absolute atomic E-state index is 12.3. The summed E-state index contributed by atoms with van der Waals surface area (Å²) in [5.41, 5.74) is 0.874. The molecule has 6 atom stereocenters. The predicted molar refractivity (Wildman–Crippen MR) is 92.2 cm³/mol. The molecule has 0 bridgehead atoms. The molecular weight excluding hydrogens is 320 g/mol. The van der Waals surface area contributed by atoms with E-state index in [4.69, 9.17) is 9.47 Å². The van der Waals surface area contributed by atoms with Gasteiger partial charge < -0.3 is 14.6 Å². The Balaban J connectivity index is 1.95. The minimum Gasteiger partial charge on any atom is -0.459 e. The second-order valence-electron chi connectivity index (χ2n) is 7.99. The summed E-state index contributed by atoms with van der Waals surface area (Å²) >= 11 is 0. The number of esters is 2. The highest BCUT2D eigenvalue weighted by Crippen LogP contribution is 2.57. The van der Waals surface area contributed by atoms with Crippen LogP contribution >= 0.6 is 0 Å². The van der Waals surface area contributed by atoms with Crippen molar-refractivity contribution < 1.29 is 24.2 Å². The molecule has 0 saturated heterocycles. The normalized spacial score (nSPS) is 41.1. The van der Waals surface area contributed by atoms with E-state index in [0.717, 1.165) is 18.4 Å². The van der Waals surface area contributed by atoms with Gasteiger partial charge in [0.25, 0.3) is 0 Å². The lowest BCUT2D eigenvalue weighted by molar-refractivity contribution is -0.166. The lowest BCUT2D eigenvalue weighted by atomic mass is 9.53. The molecule has 138 valence electrons. The van der Waals surface area contributed by atoms with E-state index >= 15 is 0 Å². The second-order valence-corrected chi connectivity index (χ2v) is 7.99. The van der Waals surface area contributed by atoms with Gasteiger partial charge in [0.05, 0.1) is 12.0 Å². The molecule has 3 rings (SSSR count). The van der Waals surface area contributed by atoms with E-state index < -0.39 is 17.4 Å². The number of fused-ring (bicyclic) bond motifs is 1. The number of hydrogen-bond acceptors (Lipinski definition) is 5. The zero-order valence-corrected chi connectivity index (χ0v) is 15.7. The molecule has 0 aromatic heterocycles. The Morgan fingerprint density at radius 3 is 2.68 bits per heavy atom. The third-order valence-electron chi connectivity index (χ3n) is 6.86. The molecule has 6 unspecified atom stereocenters. The Kier molecular flexibility index (Phi) is 4.56. The number of carbonyl (C=O) groups excluding carboxylic acids is 2. The number of aliphatic hydroxyl groups is 1. The van der Waals surface area contributed by atoms with Crippen LogP contribution in [0.25, 0.3) is 0 Å². The summed E-state index contributed by atoms with van der Waals surface area (Å²) in [6.07, 6.45) is 2.90. The number of carbonyl (C=O) groups is 2. The molecule has 1 N–H and O–H groups in total. The molecule has 5 heteroatoms. The lowest BCUT2D eigenvalue weighted by Crippen LogP contribution is -2.56. The van der Waals surface area contributed by atoms with Gasteiger partial charge in [-0.3, -0.25) is 4.79 Å². The van der Waals surface area contributed by atoms with E-state index in [1.807, 2.05) is 6.92 Å². The topological polar surface area (TPSA) is 72.8 Å². The van der Waals surface area contributed by atoms with E-state index in [9.17, 15) is 14.7 Å². The molecule has 2 aliphatic carbocycles. The molecule has 0 aromatic carbocycles. The Hall–Kier alpha value is -1.62. The average molecular weight is 348 g/mol. The smallest absolute Gasteiger partial charge is 0.333 e. The Labute approximate surface area is 149 Å². The molecule has 0 radical (unpaired) electrons. The molecule has 0 amide bonds. The molecule has 3 aliphatic rings. The van der Waals surface area contributed by atoms with Crippen LogP contribution < -0.4 is 0 Å². The fourth-order valence-electron chi connectivity index (χ4n) is 4.73. The van der Waals surface area contributed by atoms with Crippen LogP contribution in [0.4, 0.5) is 0 Å². The zero-order chi connectivity index (χ0) is 18.5. The van der Waals surface area contributed by atoms with Crippen molar-refractivity contribution in [1.82, 2.24) is 0 Å². The van der Waals surface area contributed by atoms with E-state index in [1.165, 1.54) is 0 Å². The summed E-state index contributed by atoms with van der Waals surface area (Å²) in [5, 5.41) is 11.2. The molecule has 5 nitrogen and oxygen atoms in total. The van der Waals surface area contributed by atoms with Crippen LogP contribution in [0.3, 0.4) is 0 Å². The van der Waals surface area contributed by atoms with E-state index in [1.54, 1.807) is 19.9 Å². The van der Waals surface area contributed by atoms with Crippen LogP contribution in [-0.4, -0.2) is 29.3 Å². The van der Waals surface area contributed by atoms with Crippen molar-refractivity contribution in [3.8, 4) is 0 Å². The van der Waals surface area contributed by atoms with E-state index in [-0.39, 0.29) is 29.9 Å². The molecule has 1 heterocycles. The molecule has 0 aromatic rings. The van der Waals surface area contributed by atoms with Gasteiger partial charge in [0.15, 0.2) is 0 Å². The van der Waals surface area contributed by atoms with Crippen molar-refractivity contribution in [3.63, 3.8) is 0 Å². The van der Waals surface area contributed by atoms with Crippen molar-refractivity contribution in [2.24, 2.45) is 23.2 Å². The van der Waals surface area contributed by atoms with Crippen LogP contribution in [0.1, 0.15) is 53.9 Å². The Bertz CT molecular complexity index is 661. The highest BCUT2D eigenvalue weighted by molar-refractivity contribution is 5.87. The van der Waals surface area contributed by atoms with Gasteiger partial charge in [0.2, 0.25) is 0 Å². The molecule has 1 aliphatic heterocycles. The maximum atomic E-state index is 12.3. The van der Waals surface area contributed by atoms with Gasteiger partial charge in [-0.25, -0.2) is 4.79 Å². The van der Waals surface area contributed by atoms with Crippen LogP contribution in [0, 0.1) is 23.2 Å². The minimum absolute atomic E-state index is 0.0586. The summed E-state index contributed by atoms with van der Waals surface area (Å²) in [4.78, 5) is 24.3. The molecular formula is C20H28O5. The first-order valence-corrected chi connectivity index (χ1v) is 9.18. The van der Waals surface area contributed by atoms with E-state index in [0.29, 0.717) is 17.8 Å². The molecule has 1 saturated carbocycles. The van der Waals surface area contributed by atoms with Crippen LogP contribution in [0.5, 0.6) is 0 Å². The molecule has 0 spiro atoms. The van der Waals surface area contributed by atoms with Crippen LogP contribution in [0.2, 0.25) is 0 Å². The summed E-state index contributed by atoms with van der Waals surface area (Å²) in [7, 11) is 0. The number of hydrogen-bond donors (Lipinski definition) is 1. The van der Waals surface area contributed by atoms with Crippen LogP contribution in [-0.2, 0) is 19.1 Å². The first-order valence-electron chi connectivity index (χ1n) is 9.18. The second kappa shape index (κ2) is 6.27. The third-order valence-corrected chi connectivity index (χ3v) is 6.86. The largest absolute Gasteiger partial charge is 0.459 e. The van der Waals surface area contributed by atoms with Crippen molar-refractivity contribution in [2.75, 3.05) is 0 Å². The van der Waals surface area contributed by atoms with Gasteiger partial charge in [0.1, 0.15) is 11.9 Å². The number of rotatable bonds is 2. The van der Waals surface area contributed by atoms with Crippen molar-refractivity contribution >= 4 is 11.9 Å². The third kappa shape index (κ3) is 2.64. The number of allylic oxidation sites excluding steroid dienone is 2. The van der Waals surface area contributed by atoms with Gasteiger partial charge in [0, 0.05) is 28.9 Å². The van der Waals surface area contributed by atoms with Gasteiger partial charge in [-0.2, -0.15) is 0 Å². The SMILES string of the molecule is CC=C(C)C(=O)OC1CCC(C)C2(C)C(O)C3=C(CC12)OC(=O)C3C. The van der Waals surface area contributed by atoms with E-state index in [2.05, 4.69) is 13.8 Å². The lowest BCUT2D eigenvalue weighted by Gasteiger charge is -2.54. The predicted octanol–water partition coefficient (Wildman–Crippen LogP) is 3.13. The van der Waals surface area contributed by atoms with Crippen LogP contribution in [0.15, 0.2) is 23.0 Å². The Morgan fingerprint density at radius 2 is 2.04 bits per heavy atom. The molecule has 25 heavy (non-hydrogen) atoms. The first kappa shape index (κ1) is 18.2.